The number of hydrogen-bond donors (Lipinski definition) is 1. The first-order chi connectivity index (χ1) is 8.15. The summed E-state index contributed by atoms with van der Waals surface area (Å²) in [6.07, 6.45) is 13.4. The van der Waals surface area contributed by atoms with Crippen LogP contribution in [0.5, 0.6) is 0 Å². The standard InChI is InChI=1S/C15H24N2/c1-6-9-10-12-15(11-7-2)14(5)17-16-13(4)8-3/h7-12,16H,6H2,1-5H3/b10-9+,11-7-,13-8-,15-12+,17-14+. The van der Waals surface area contributed by atoms with E-state index in [9.17, 15) is 0 Å². The predicted octanol–water partition coefficient (Wildman–Crippen LogP) is 4.34. The molecule has 0 aromatic heterocycles. The van der Waals surface area contributed by atoms with Crippen LogP contribution in [0, 0.1) is 0 Å². The minimum atomic E-state index is 0.977. The fourth-order valence-electron chi connectivity index (χ4n) is 1.09. The number of nitrogens with zero attached hydrogens (tertiary/aromatic N) is 1. The Morgan fingerprint density at radius 2 is 1.94 bits per heavy atom. The molecule has 0 aromatic rings. The van der Waals surface area contributed by atoms with E-state index >= 15 is 0 Å². The van der Waals surface area contributed by atoms with E-state index in [1.165, 1.54) is 0 Å². The summed E-state index contributed by atoms with van der Waals surface area (Å²) in [6, 6.07) is 0. The van der Waals surface area contributed by atoms with Crippen molar-refractivity contribution in [2.75, 3.05) is 0 Å². The highest BCUT2D eigenvalue weighted by atomic mass is 15.3. The minimum absolute atomic E-state index is 0.977. The number of hydrogen-bond acceptors (Lipinski definition) is 2. The molecule has 0 heterocycles. The third kappa shape index (κ3) is 7.34. The molecule has 1 N–H and O–H groups in total. The van der Waals surface area contributed by atoms with Crippen LogP contribution in [0.15, 0.2) is 52.8 Å². The van der Waals surface area contributed by atoms with E-state index in [0.29, 0.717) is 0 Å². The molecule has 0 aliphatic rings. The molecule has 0 saturated heterocycles. The van der Waals surface area contributed by atoms with E-state index in [2.05, 4.69) is 41.8 Å². The van der Waals surface area contributed by atoms with E-state index in [0.717, 1.165) is 23.4 Å². The smallest absolute Gasteiger partial charge is 0.0648 e. The third-order valence-electron chi connectivity index (χ3n) is 2.24. The number of rotatable bonds is 6. The molecule has 0 unspecified atom stereocenters. The molecule has 2 heteroatoms. The van der Waals surface area contributed by atoms with E-state index in [-0.39, 0.29) is 0 Å². The first kappa shape index (κ1) is 15.4. The van der Waals surface area contributed by atoms with E-state index in [4.69, 9.17) is 0 Å². The van der Waals surface area contributed by atoms with Gasteiger partial charge in [0, 0.05) is 5.70 Å². The summed E-state index contributed by atoms with van der Waals surface area (Å²) in [5.41, 5.74) is 6.16. The molecule has 0 aliphatic carbocycles. The number of hydrazone groups is 1. The van der Waals surface area contributed by atoms with Gasteiger partial charge in [0.25, 0.3) is 0 Å². The SMILES string of the molecule is C\C=C/C(=C\C=C\CC)C(/C)=N/N/C(C)=C\C. The van der Waals surface area contributed by atoms with Crippen molar-refractivity contribution in [2.24, 2.45) is 5.10 Å². The minimum Gasteiger partial charge on any atom is -0.283 e. The summed E-state index contributed by atoms with van der Waals surface area (Å²) in [6.45, 7) is 10.1. The molecular weight excluding hydrogens is 208 g/mol. The Labute approximate surface area is 106 Å². The molecule has 0 amide bonds. The van der Waals surface area contributed by atoms with Crippen LogP contribution in [-0.2, 0) is 0 Å². The maximum Gasteiger partial charge on any atom is 0.0648 e. The molecule has 17 heavy (non-hydrogen) atoms. The van der Waals surface area contributed by atoms with Crippen molar-refractivity contribution < 1.29 is 0 Å². The van der Waals surface area contributed by atoms with E-state index in [1.54, 1.807) is 0 Å². The van der Waals surface area contributed by atoms with Crippen LogP contribution in [0.25, 0.3) is 0 Å². The van der Waals surface area contributed by atoms with Gasteiger partial charge < -0.3 is 0 Å². The lowest BCUT2D eigenvalue weighted by Crippen LogP contribution is -2.07. The molecule has 0 saturated carbocycles. The van der Waals surface area contributed by atoms with Gasteiger partial charge in [-0.1, -0.05) is 43.4 Å². The lowest BCUT2D eigenvalue weighted by atomic mass is 10.1. The zero-order chi connectivity index (χ0) is 13.1. The molecule has 2 nitrogen and oxygen atoms in total. The van der Waals surface area contributed by atoms with Gasteiger partial charge in [-0.05, 0) is 39.7 Å². The van der Waals surface area contributed by atoms with Gasteiger partial charge in [0.05, 0.1) is 5.71 Å². The molecule has 0 spiro atoms. The molecule has 0 bridgehead atoms. The van der Waals surface area contributed by atoms with Crippen LogP contribution in [0.3, 0.4) is 0 Å². The Bertz CT molecular complexity index is 355. The third-order valence-corrected chi connectivity index (χ3v) is 2.24. The zero-order valence-corrected chi connectivity index (χ0v) is 11.6. The Kier molecular flexibility index (Phi) is 8.75. The van der Waals surface area contributed by atoms with Gasteiger partial charge in [-0.15, -0.1) is 0 Å². The predicted molar refractivity (Wildman–Crippen MR) is 78.0 cm³/mol. The van der Waals surface area contributed by atoms with Crippen LogP contribution in [0.1, 0.15) is 41.0 Å². The summed E-state index contributed by atoms with van der Waals surface area (Å²) in [5.74, 6) is 0. The van der Waals surface area contributed by atoms with Crippen LogP contribution < -0.4 is 5.43 Å². The topological polar surface area (TPSA) is 24.4 Å². The van der Waals surface area contributed by atoms with Gasteiger partial charge >= 0.3 is 0 Å². The van der Waals surface area contributed by atoms with Crippen LogP contribution in [0.2, 0.25) is 0 Å². The number of nitrogens with one attached hydrogen (secondary N) is 1. The summed E-state index contributed by atoms with van der Waals surface area (Å²) in [5, 5.41) is 4.34. The Morgan fingerprint density at radius 3 is 2.47 bits per heavy atom. The first-order valence-corrected chi connectivity index (χ1v) is 6.08. The van der Waals surface area contributed by atoms with Gasteiger partial charge in [-0.25, -0.2) is 0 Å². The maximum atomic E-state index is 4.34. The molecule has 94 valence electrons. The molecule has 0 atom stereocenters. The average molecular weight is 232 g/mol. The lowest BCUT2D eigenvalue weighted by molar-refractivity contribution is 0.883. The second-order valence-electron chi connectivity index (χ2n) is 3.74. The molecule has 0 fully saturated rings. The molecule has 0 aliphatic heterocycles. The molecule has 0 aromatic carbocycles. The van der Waals surface area contributed by atoms with Crippen molar-refractivity contribution in [2.45, 2.75) is 41.0 Å². The first-order valence-electron chi connectivity index (χ1n) is 6.08. The van der Waals surface area contributed by atoms with Gasteiger partial charge in [-0.2, -0.15) is 5.10 Å². The van der Waals surface area contributed by atoms with Crippen LogP contribution >= 0.6 is 0 Å². The van der Waals surface area contributed by atoms with Crippen molar-refractivity contribution in [1.29, 1.82) is 0 Å². The van der Waals surface area contributed by atoms with Crippen molar-refractivity contribution in [3.63, 3.8) is 0 Å². The summed E-state index contributed by atoms with van der Waals surface area (Å²) < 4.78 is 0. The molecule has 0 radical (unpaired) electrons. The summed E-state index contributed by atoms with van der Waals surface area (Å²) >= 11 is 0. The lowest BCUT2D eigenvalue weighted by Gasteiger charge is -2.03. The van der Waals surface area contributed by atoms with E-state index < -0.39 is 0 Å². The quantitative estimate of drug-likeness (QED) is 0.411. The van der Waals surface area contributed by atoms with Gasteiger partial charge in [0.2, 0.25) is 0 Å². The molecule has 0 rings (SSSR count). The second kappa shape index (κ2) is 9.64. The number of allylic oxidation sites excluding steroid dienone is 8. The van der Waals surface area contributed by atoms with Gasteiger partial charge in [0.1, 0.15) is 0 Å². The normalized spacial score (nSPS) is 15.0. The highest BCUT2D eigenvalue weighted by molar-refractivity contribution is 6.00. The van der Waals surface area contributed by atoms with Crippen LogP contribution in [-0.4, -0.2) is 5.71 Å². The second-order valence-corrected chi connectivity index (χ2v) is 3.74. The highest BCUT2D eigenvalue weighted by Crippen LogP contribution is 2.02. The van der Waals surface area contributed by atoms with Crippen molar-refractivity contribution in [3.05, 3.63) is 47.7 Å². The Balaban J connectivity index is 4.82. The van der Waals surface area contributed by atoms with Gasteiger partial charge in [-0.3, -0.25) is 5.43 Å². The average Bonchev–Trinajstić information content (AvgIpc) is 2.34. The van der Waals surface area contributed by atoms with E-state index in [1.807, 2.05) is 39.8 Å². The fourth-order valence-corrected chi connectivity index (χ4v) is 1.09. The van der Waals surface area contributed by atoms with Crippen LogP contribution in [0.4, 0.5) is 0 Å². The largest absolute Gasteiger partial charge is 0.283 e. The Hall–Kier alpha value is -1.57. The van der Waals surface area contributed by atoms with Gasteiger partial charge in [0.15, 0.2) is 0 Å². The Morgan fingerprint density at radius 1 is 1.24 bits per heavy atom. The maximum absolute atomic E-state index is 4.34. The summed E-state index contributed by atoms with van der Waals surface area (Å²) in [7, 11) is 0. The fraction of sp³-hybridized carbons (Fsp3) is 0.400. The monoisotopic (exact) mass is 232 g/mol. The van der Waals surface area contributed by atoms with Crippen molar-refractivity contribution >= 4 is 5.71 Å². The van der Waals surface area contributed by atoms with Crippen molar-refractivity contribution in [1.82, 2.24) is 5.43 Å². The van der Waals surface area contributed by atoms with Crippen molar-refractivity contribution in [3.8, 4) is 0 Å². The highest BCUT2D eigenvalue weighted by Gasteiger charge is 1.95. The zero-order valence-electron chi connectivity index (χ0n) is 11.6. The molecular formula is C15H24N2. The summed E-state index contributed by atoms with van der Waals surface area (Å²) in [4.78, 5) is 0.